The third kappa shape index (κ3) is 2.40. The summed E-state index contributed by atoms with van der Waals surface area (Å²) in [6, 6.07) is 6.10. The average molecular weight is 277 g/mol. The second-order valence-corrected chi connectivity index (χ2v) is 5.68. The Bertz CT molecular complexity index is 547. The third-order valence-corrected chi connectivity index (χ3v) is 4.05. The van der Waals surface area contributed by atoms with Gasteiger partial charge in [0.15, 0.2) is 0 Å². The lowest BCUT2D eigenvalue weighted by Crippen LogP contribution is -2.33. The number of hydrogen-bond acceptors (Lipinski definition) is 2. The molecular weight excluding hydrogens is 260 g/mol. The smallest absolute Gasteiger partial charge is 0.254 e. The minimum atomic E-state index is 0.0865. The Labute approximate surface area is 118 Å². The highest BCUT2D eigenvalue weighted by molar-refractivity contribution is 6.31. The number of halogens is 1. The summed E-state index contributed by atoms with van der Waals surface area (Å²) in [7, 11) is 1.84. The van der Waals surface area contributed by atoms with Gasteiger partial charge in [-0.2, -0.15) is 0 Å². The molecule has 1 aromatic rings. The summed E-state index contributed by atoms with van der Waals surface area (Å²) in [6.45, 7) is 1.68. The van der Waals surface area contributed by atoms with E-state index in [9.17, 15) is 4.79 Å². The van der Waals surface area contributed by atoms with E-state index in [-0.39, 0.29) is 5.91 Å². The van der Waals surface area contributed by atoms with Crippen molar-refractivity contribution in [2.45, 2.75) is 25.4 Å². The monoisotopic (exact) mass is 276 g/mol. The van der Waals surface area contributed by atoms with Crippen molar-refractivity contribution >= 4 is 23.1 Å². The lowest BCUT2D eigenvalue weighted by Gasteiger charge is -2.28. The van der Waals surface area contributed by atoms with Crippen molar-refractivity contribution in [2.75, 3.05) is 13.6 Å². The van der Waals surface area contributed by atoms with Gasteiger partial charge in [-0.25, -0.2) is 0 Å². The largest absolute Gasteiger partial charge is 0.337 e. The van der Waals surface area contributed by atoms with E-state index in [1.807, 2.05) is 25.2 Å². The van der Waals surface area contributed by atoms with Gasteiger partial charge in [-0.1, -0.05) is 23.7 Å². The molecule has 2 aliphatic rings. The Balaban J connectivity index is 2.06. The van der Waals surface area contributed by atoms with Gasteiger partial charge < -0.3 is 10.2 Å². The van der Waals surface area contributed by atoms with Crippen LogP contribution in [-0.2, 0) is 11.3 Å². The number of hydrogen-bond donors (Lipinski definition) is 1. The predicted molar refractivity (Wildman–Crippen MR) is 76.9 cm³/mol. The number of nitrogens with zero attached hydrogens (tertiary/aromatic N) is 1. The van der Waals surface area contributed by atoms with Crippen molar-refractivity contribution in [2.24, 2.45) is 0 Å². The van der Waals surface area contributed by atoms with Gasteiger partial charge in [0, 0.05) is 30.2 Å². The van der Waals surface area contributed by atoms with E-state index in [0.29, 0.717) is 17.6 Å². The van der Waals surface area contributed by atoms with Crippen molar-refractivity contribution in [3.63, 3.8) is 0 Å². The van der Waals surface area contributed by atoms with Crippen LogP contribution in [0.4, 0.5) is 0 Å². The number of nitrogens with one attached hydrogen (secondary N) is 1. The first-order chi connectivity index (χ1) is 9.15. The van der Waals surface area contributed by atoms with Crippen molar-refractivity contribution in [1.82, 2.24) is 10.2 Å². The second kappa shape index (κ2) is 4.99. The first kappa shape index (κ1) is 12.7. The fourth-order valence-electron chi connectivity index (χ4n) is 2.80. The van der Waals surface area contributed by atoms with Gasteiger partial charge in [0.2, 0.25) is 0 Å². The summed E-state index contributed by atoms with van der Waals surface area (Å²) >= 11 is 6.07. The van der Waals surface area contributed by atoms with Crippen LogP contribution in [-0.4, -0.2) is 30.4 Å². The van der Waals surface area contributed by atoms with Crippen molar-refractivity contribution < 1.29 is 4.79 Å². The van der Waals surface area contributed by atoms with Crippen molar-refractivity contribution in [3.8, 4) is 0 Å². The topological polar surface area (TPSA) is 32.3 Å². The summed E-state index contributed by atoms with van der Waals surface area (Å²) < 4.78 is 0. The Kier molecular flexibility index (Phi) is 3.33. The molecule has 0 aromatic heterocycles. The fraction of sp³-hybridized carbons (Fsp3) is 0.400. The standard InChI is InChI=1S/C15H17ClN2O/c1-18-9-10-4-5-11(16)7-13(10)14(15(18)19)8-12-3-2-6-17-12/h4-5,7-8,12,17H,2-3,6,9H2,1H3/b14-8+. The highest BCUT2D eigenvalue weighted by Gasteiger charge is 2.27. The lowest BCUT2D eigenvalue weighted by molar-refractivity contribution is -0.124. The normalized spacial score (nSPS) is 24.9. The number of carbonyl (C=O) groups is 1. The third-order valence-electron chi connectivity index (χ3n) is 3.81. The second-order valence-electron chi connectivity index (χ2n) is 5.25. The van der Waals surface area contributed by atoms with Gasteiger partial charge in [-0.3, -0.25) is 4.79 Å². The molecule has 0 saturated carbocycles. The molecule has 1 fully saturated rings. The van der Waals surface area contributed by atoms with Gasteiger partial charge in [0.25, 0.3) is 5.91 Å². The molecule has 1 atom stereocenters. The zero-order valence-electron chi connectivity index (χ0n) is 10.9. The lowest BCUT2D eigenvalue weighted by atomic mass is 9.93. The maximum atomic E-state index is 12.4. The molecule has 1 unspecified atom stereocenters. The number of benzene rings is 1. The minimum Gasteiger partial charge on any atom is -0.337 e. The van der Waals surface area contributed by atoms with Gasteiger partial charge in [0.05, 0.1) is 0 Å². The van der Waals surface area contributed by atoms with Gasteiger partial charge in [-0.15, -0.1) is 0 Å². The summed E-state index contributed by atoms with van der Waals surface area (Å²) in [5.41, 5.74) is 2.94. The Morgan fingerprint density at radius 3 is 3.05 bits per heavy atom. The summed E-state index contributed by atoms with van der Waals surface area (Å²) in [6.07, 6.45) is 4.33. The van der Waals surface area contributed by atoms with Crippen LogP contribution >= 0.6 is 11.6 Å². The van der Waals surface area contributed by atoms with Crippen LogP contribution in [0.3, 0.4) is 0 Å². The first-order valence-electron chi connectivity index (χ1n) is 6.64. The number of rotatable bonds is 1. The molecule has 0 radical (unpaired) electrons. The van der Waals surface area contributed by atoms with Gasteiger partial charge >= 0.3 is 0 Å². The van der Waals surface area contributed by atoms with E-state index in [1.165, 1.54) is 6.42 Å². The van der Waals surface area contributed by atoms with Crippen molar-refractivity contribution in [3.05, 3.63) is 40.4 Å². The van der Waals surface area contributed by atoms with Gasteiger partial charge in [0.1, 0.15) is 0 Å². The van der Waals surface area contributed by atoms with E-state index < -0.39 is 0 Å². The highest BCUT2D eigenvalue weighted by atomic mass is 35.5. The van der Waals surface area contributed by atoms with Crippen LogP contribution in [0.5, 0.6) is 0 Å². The molecule has 0 spiro atoms. The quantitative estimate of drug-likeness (QED) is 0.799. The van der Waals surface area contributed by atoms with E-state index >= 15 is 0 Å². The predicted octanol–water partition coefficient (Wildman–Crippen LogP) is 2.45. The van der Waals surface area contributed by atoms with Crippen LogP contribution in [0, 0.1) is 0 Å². The maximum absolute atomic E-state index is 12.4. The van der Waals surface area contributed by atoms with Gasteiger partial charge in [-0.05, 0) is 42.6 Å². The zero-order valence-corrected chi connectivity index (χ0v) is 11.7. The molecule has 1 saturated heterocycles. The molecule has 0 aliphatic carbocycles. The van der Waals surface area contributed by atoms with E-state index in [0.717, 1.165) is 29.7 Å². The number of likely N-dealkylation sites (N-methyl/N-ethyl adjacent to an activating group) is 1. The Morgan fingerprint density at radius 1 is 1.47 bits per heavy atom. The Hall–Kier alpha value is -1.32. The molecule has 100 valence electrons. The zero-order chi connectivity index (χ0) is 13.4. The van der Waals surface area contributed by atoms with Crippen LogP contribution in [0.2, 0.25) is 5.02 Å². The molecule has 4 heteroatoms. The molecule has 0 bridgehead atoms. The molecule has 1 amide bonds. The molecular formula is C15H17ClN2O. The van der Waals surface area contributed by atoms with E-state index in [4.69, 9.17) is 11.6 Å². The SMILES string of the molecule is CN1Cc2ccc(Cl)cc2/C(=C\C2CCCN2)C1=O. The van der Waals surface area contributed by atoms with Crippen molar-refractivity contribution in [1.29, 1.82) is 0 Å². The molecule has 2 heterocycles. The molecule has 19 heavy (non-hydrogen) atoms. The minimum absolute atomic E-state index is 0.0865. The molecule has 1 N–H and O–H groups in total. The molecule has 3 rings (SSSR count). The average Bonchev–Trinajstić information content (AvgIpc) is 2.89. The van der Waals surface area contributed by atoms with Crippen LogP contribution in [0.25, 0.3) is 5.57 Å². The van der Waals surface area contributed by atoms with Crippen LogP contribution < -0.4 is 5.32 Å². The fourth-order valence-corrected chi connectivity index (χ4v) is 2.97. The van der Waals surface area contributed by atoms with E-state index in [2.05, 4.69) is 11.4 Å². The van der Waals surface area contributed by atoms with E-state index in [1.54, 1.807) is 4.90 Å². The number of amides is 1. The molecule has 1 aromatic carbocycles. The van der Waals surface area contributed by atoms with Crippen LogP contribution in [0.1, 0.15) is 24.0 Å². The maximum Gasteiger partial charge on any atom is 0.254 e. The summed E-state index contributed by atoms with van der Waals surface area (Å²) in [4.78, 5) is 14.1. The molecule has 3 nitrogen and oxygen atoms in total. The highest BCUT2D eigenvalue weighted by Crippen LogP contribution is 2.31. The molecule has 2 aliphatic heterocycles. The first-order valence-corrected chi connectivity index (χ1v) is 7.02. The summed E-state index contributed by atoms with van der Waals surface area (Å²) in [5.74, 6) is 0.0865. The summed E-state index contributed by atoms with van der Waals surface area (Å²) in [5, 5.41) is 4.09. The number of fused-ring (bicyclic) bond motifs is 1. The van der Waals surface area contributed by atoms with Crippen LogP contribution in [0.15, 0.2) is 24.3 Å². The Morgan fingerprint density at radius 2 is 2.32 bits per heavy atom. The number of carbonyl (C=O) groups excluding carboxylic acids is 1.